The number of unbranched alkanes of at least 4 members (excludes halogenated alkanes) is 1. The fourth-order valence-electron chi connectivity index (χ4n) is 2.84. The minimum absolute atomic E-state index is 0.00167. The highest BCUT2D eigenvalue weighted by molar-refractivity contribution is 5.75. The van der Waals surface area contributed by atoms with Crippen LogP contribution in [0.25, 0.3) is 17.0 Å². The molecule has 144 valence electrons. The zero-order chi connectivity index (χ0) is 19.6. The number of aromatic nitrogens is 6. The first-order chi connectivity index (χ1) is 12.9. The standard InChI is InChI=1S/C18H25N7O2/c1-4-5-8-25-17(20-14(23-25)9-13(19)26)12-6-7-15-21-22-18(24(15)10-12)16(27)11(2)3/h6-7,10-11,16,27H,4-5,8-9H2,1-3H3,(H2,19,26). The van der Waals surface area contributed by atoms with Crippen molar-refractivity contribution in [1.29, 1.82) is 0 Å². The molecule has 3 aromatic heterocycles. The van der Waals surface area contributed by atoms with E-state index in [4.69, 9.17) is 5.73 Å². The van der Waals surface area contributed by atoms with Gasteiger partial charge in [0.2, 0.25) is 5.91 Å². The molecule has 3 heterocycles. The van der Waals surface area contributed by atoms with Crippen molar-refractivity contribution in [3.05, 3.63) is 30.0 Å². The van der Waals surface area contributed by atoms with Crippen molar-refractivity contribution in [3.63, 3.8) is 0 Å². The van der Waals surface area contributed by atoms with Crippen LogP contribution in [0.1, 0.15) is 51.4 Å². The number of carbonyl (C=O) groups excluding carboxylic acids is 1. The molecule has 0 aliphatic rings. The Bertz CT molecular complexity index is 944. The molecule has 0 aromatic carbocycles. The number of nitrogens with zero attached hydrogens (tertiary/aromatic N) is 6. The number of aliphatic hydroxyl groups excluding tert-OH is 1. The molecule has 1 atom stereocenters. The molecule has 0 bridgehead atoms. The number of hydrogen-bond donors (Lipinski definition) is 2. The Morgan fingerprint density at radius 2 is 2.07 bits per heavy atom. The van der Waals surface area contributed by atoms with Crippen molar-refractivity contribution in [2.75, 3.05) is 0 Å². The molecule has 1 unspecified atom stereocenters. The van der Waals surface area contributed by atoms with Gasteiger partial charge in [0.15, 0.2) is 23.1 Å². The van der Waals surface area contributed by atoms with E-state index in [0.717, 1.165) is 18.4 Å². The summed E-state index contributed by atoms with van der Waals surface area (Å²) >= 11 is 0. The van der Waals surface area contributed by atoms with Gasteiger partial charge < -0.3 is 10.8 Å². The maximum absolute atomic E-state index is 11.2. The van der Waals surface area contributed by atoms with Gasteiger partial charge in [-0.15, -0.1) is 10.2 Å². The zero-order valence-electron chi connectivity index (χ0n) is 15.8. The van der Waals surface area contributed by atoms with Gasteiger partial charge in [-0.2, -0.15) is 5.10 Å². The lowest BCUT2D eigenvalue weighted by Gasteiger charge is -2.12. The lowest BCUT2D eigenvalue weighted by molar-refractivity contribution is -0.117. The number of primary amides is 1. The van der Waals surface area contributed by atoms with E-state index in [2.05, 4.69) is 27.2 Å². The van der Waals surface area contributed by atoms with Crippen molar-refractivity contribution in [1.82, 2.24) is 29.4 Å². The Hall–Kier alpha value is -2.81. The highest BCUT2D eigenvalue weighted by Crippen LogP contribution is 2.24. The Morgan fingerprint density at radius 1 is 1.30 bits per heavy atom. The molecule has 3 N–H and O–H groups in total. The second kappa shape index (κ2) is 7.83. The molecule has 3 rings (SSSR count). The number of rotatable bonds is 8. The quantitative estimate of drug-likeness (QED) is 0.618. The monoisotopic (exact) mass is 371 g/mol. The van der Waals surface area contributed by atoms with Crippen LogP contribution in [0.15, 0.2) is 18.3 Å². The summed E-state index contributed by atoms with van der Waals surface area (Å²) in [5.74, 6) is 1.08. The fourth-order valence-corrected chi connectivity index (χ4v) is 2.84. The Kier molecular flexibility index (Phi) is 5.50. The minimum atomic E-state index is -0.723. The molecule has 0 spiro atoms. The van der Waals surface area contributed by atoms with Crippen LogP contribution in [0.2, 0.25) is 0 Å². The van der Waals surface area contributed by atoms with Crippen LogP contribution in [-0.4, -0.2) is 40.4 Å². The number of aryl methyl sites for hydroxylation is 1. The van der Waals surface area contributed by atoms with E-state index >= 15 is 0 Å². The van der Waals surface area contributed by atoms with Gasteiger partial charge in [-0.05, 0) is 24.5 Å². The van der Waals surface area contributed by atoms with Crippen LogP contribution in [0.3, 0.4) is 0 Å². The SMILES string of the molecule is CCCCn1nc(CC(N)=O)nc1-c1ccc2nnc(C(O)C(C)C)n2c1. The molecule has 0 saturated heterocycles. The van der Waals surface area contributed by atoms with Gasteiger partial charge in [-0.25, -0.2) is 9.67 Å². The maximum atomic E-state index is 11.2. The van der Waals surface area contributed by atoms with Gasteiger partial charge in [-0.1, -0.05) is 27.2 Å². The predicted octanol–water partition coefficient (Wildman–Crippen LogP) is 1.51. The third-order valence-electron chi connectivity index (χ3n) is 4.35. The van der Waals surface area contributed by atoms with E-state index in [-0.39, 0.29) is 12.3 Å². The topological polar surface area (TPSA) is 124 Å². The third-order valence-corrected chi connectivity index (χ3v) is 4.35. The molecule has 9 heteroatoms. The summed E-state index contributed by atoms with van der Waals surface area (Å²) in [7, 11) is 0. The van der Waals surface area contributed by atoms with Gasteiger partial charge in [-0.3, -0.25) is 9.20 Å². The number of aliphatic hydroxyl groups is 1. The molecular formula is C18H25N7O2. The maximum Gasteiger partial charge on any atom is 0.225 e. The predicted molar refractivity (Wildman–Crippen MR) is 99.6 cm³/mol. The van der Waals surface area contributed by atoms with Crippen LogP contribution >= 0.6 is 0 Å². The normalized spacial score (nSPS) is 12.8. The van der Waals surface area contributed by atoms with Crippen LogP contribution in [0.4, 0.5) is 0 Å². The Morgan fingerprint density at radius 3 is 2.74 bits per heavy atom. The number of carbonyl (C=O) groups is 1. The van der Waals surface area contributed by atoms with Crippen molar-refractivity contribution < 1.29 is 9.90 Å². The summed E-state index contributed by atoms with van der Waals surface area (Å²) in [6.45, 7) is 6.64. The average molecular weight is 371 g/mol. The molecule has 0 aliphatic carbocycles. The molecular weight excluding hydrogens is 346 g/mol. The van der Waals surface area contributed by atoms with Crippen molar-refractivity contribution >= 4 is 11.6 Å². The van der Waals surface area contributed by atoms with Crippen molar-refractivity contribution in [2.24, 2.45) is 11.7 Å². The van der Waals surface area contributed by atoms with Gasteiger partial charge in [0.25, 0.3) is 0 Å². The highest BCUT2D eigenvalue weighted by atomic mass is 16.3. The summed E-state index contributed by atoms with van der Waals surface area (Å²) in [4.78, 5) is 15.8. The van der Waals surface area contributed by atoms with Crippen LogP contribution in [0.5, 0.6) is 0 Å². The summed E-state index contributed by atoms with van der Waals surface area (Å²) in [5.41, 5.74) is 6.74. The lowest BCUT2D eigenvalue weighted by atomic mass is 10.1. The Labute approximate surface area is 157 Å². The largest absolute Gasteiger partial charge is 0.385 e. The van der Waals surface area contributed by atoms with E-state index < -0.39 is 12.0 Å². The second-order valence-electron chi connectivity index (χ2n) is 6.96. The van der Waals surface area contributed by atoms with Gasteiger partial charge in [0.1, 0.15) is 6.10 Å². The molecule has 0 saturated carbocycles. The van der Waals surface area contributed by atoms with Crippen molar-refractivity contribution in [3.8, 4) is 11.4 Å². The summed E-state index contributed by atoms with van der Waals surface area (Å²) in [6, 6.07) is 3.71. The van der Waals surface area contributed by atoms with E-state index in [0.29, 0.717) is 29.7 Å². The first-order valence-electron chi connectivity index (χ1n) is 9.15. The zero-order valence-corrected chi connectivity index (χ0v) is 15.8. The minimum Gasteiger partial charge on any atom is -0.385 e. The third kappa shape index (κ3) is 3.97. The van der Waals surface area contributed by atoms with Crippen LogP contribution < -0.4 is 5.73 Å². The number of amides is 1. The van der Waals surface area contributed by atoms with E-state index in [1.807, 2.05) is 32.2 Å². The second-order valence-corrected chi connectivity index (χ2v) is 6.96. The van der Waals surface area contributed by atoms with Crippen molar-refractivity contribution in [2.45, 2.75) is 52.7 Å². The molecule has 27 heavy (non-hydrogen) atoms. The van der Waals surface area contributed by atoms with Gasteiger partial charge in [0, 0.05) is 18.3 Å². The average Bonchev–Trinajstić information content (AvgIpc) is 3.21. The number of hydrogen-bond acceptors (Lipinski definition) is 6. The number of pyridine rings is 1. The molecule has 1 amide bonds. The Balaban J connectivity index is 2.06. The highest BCUT2D eigenvalue weighted by Gasteiger charge is 2.20. The lowest BCUT2D eigenvalue weighted by Crippen LogP contribution is -2.14. The number of nitrogens with two attached hydrogens (primary N) is 1. The first-order valence-corrected chi connectivity index (χ1v) is 9.15. The van der Waals surface area contributed by atoms with Crippen LogP contribution in [0, 0.1) is 5.92 Å². The van der Waals surface area contributed by atoms with Crippen LogP contribution in [-0.2, 0) is 17.8 Å². The fraction of sp³-hybridized carbons (Fsp3) is 0.500. The molecule has 0 radical (unpaired) electrons. The summed E-state index contributed by atoms with van der Waals surface area (Å²) in [6.07, 6.45) is 3.08. The van der Waals surface area contributed by atoms with E-state index in [1.165, 1.54) is 0 Å². The van der Waals surface area contributed by atoms with Gasteiger partial charge in [0.05, 0.1) is 6.42 Å². The van der Waals surface area contributed by atoms with E-state index in [1.54, 1.807) is 9.08 Å². The van der Waals surface area contributed by atoms with Gasteiger partial charge >= 0.3 is 0 Å². The number of fused-ring (bicyclic) bond motifs is 1. The molecule has 0 aliphatic heterocycles. The summed E-state index contributed by atoms with van der Waals surface area (Å²) in [5, 5.41) is 23.1. The molecule has 9 nitrogen and oxygen atoms in total. The first kappa shape index (κ1) is 19.0. The summed E-state index contributed by atoms with van der Waals surface area (Å²) < 4.78 is 3.57. The smallest absolute Gasteiger partial charge is 0.225 e. The van der Waals surface area contributed by atoms with E-state index in [9.17, 15) is 9.90 Å². The molecule has 0 fully saturated rings. The molecule has 3 aromatic rings.